The summed E-state index contributed by atoms with van der Waals surface area (Å²) in [5, 5.41) is 9.73. The van der Waals surface area contributed by atoms with Crippen LogP contribution < -0.4 is 0 Å². The smallest absolute Gasteiger partial charge is 0.309 e. The average molecular weight is 477 g/mol. The van der Waals surface area contributed by atoms with Crippen molar-refractivity contribution in [1.29, 1.82) is 0 Å². The van der Waals surface area contributed by atoms with Gasteiger partial charge < -0.3 is 9.47 Å². The van der Waals surface area contributed by atoms with Crippen LogP contribution in [0.3, 0.4) is 0 Å². The largest absolute Gasteiger partial charge is 0.416 e. The van der Waals surface area contributed by atoms with Gasteiger partial charge in [0, 0.05) is 31.3 Å². The lowest BCUT2D eigenvalue weighted by molar-refractivity contribution is -0.137. The van der Waals surface area contributed by atoms with Crippen LogP contribution >= 0.6 is 24.2 Å². The quantitative estimate of drug-likeness (QED) is 0.411. The second kappa shape index (κ2) is 10.6. The number of hydrogen-bond donors (Lipinski definition) is 0. The van der Waals surface area contributed by atoms with Crippen molar-refractivity contribution in [2.45, 2.75) is 50.4 Å². The van der Waals surface area contributed by atoms with E-state index in [-0.39, 0.29) is 17.8 Å². The number of piperidine rings is 1. The van der Waals surface area contributed by atoms with Crippen LogP contribution in [0.25, 0.3) is 0 Å². The molecule has 1 aromatic heterocycles. The van der Waals surface area contributed by atoms with Crippen molar-refractivity contribution in [2.75, 3.05) is 25.4 Å². The van der Waals surface area contributed by atoms with E-state index in [9.17, 15) is 13.2 Å². The van der Waals surface area contributed by atoms with E-state index in [1.54, 1.807) is 6.07 Å². The normalized spacial score (nSPS) is 20.5. The molecule has 2 heterocycles. The summed E-state index contributed by atoms with van der Waals surface area (Å²) in [5.41, 5.74) is -0.535. The molecule has 2 atom stereocenters. The second-order valence-corrected chi connectivity index (χ2v) is 10.3. The Morgan fingerprint density at radius 3 is 2.13 bits per heavy atom. The summed E-state index contributed by atoms with van der Waals surface area (Å²) in [5.74, 6) is 4.31. The van der Waals surface area contributed by atoms with Crippen molar-refractivity contribution >= 4 is 24.2 Å². The van der Waals surface area contributed by atoms with E-state index in [4.69, 9.17) is 0 Å². The fourth-order valence-electron chi connectivity index (χ4n) is 3.85. The molecule has 0 bridgehead atoms. The Hall–Kier alpha value is -1.25. The van der Waals surface area contributed by atoms with E-state index in [2.05, 4.69) is 47.5 Å². The first-order valence-electron chi connectivity index (χ1n) is 10.4. The summed E-state index contributed by atoms with van der Waals surface area (Å²) >= 11 is 1.84. The standard InChI is InChI=1S/C15H26N4S.C7H5F3.ClH/c1-15(2,3)13-16-17-14(18(13)4)20-7-5-6-19-9-11-8-12(11)10-19;8-7(9,10)6-4-2-1-3-5-6;/h11-12H,5-10H2,1-4H3;1-5H;1H. The number of alkyl halides is 3. The van der Waals surface area contributed by atoms with Crippen molar-refractivity contribution in [3.63, 3.8) is 0 Å². The fraction of sp³-hybridized carbons (Fsp3) is 0.636. The van der Waals surface area contributed by atoms with Gasteiger partial charge >= 0.3 is 6.18 Å². The summed E-state index contributed by atoms with van der Waals surface area (Å²) in [4.78, 5) is 2.64. The number of benzene rings is 1. The van der Waals surface area contributed by atoms with Crippen molar-refractivity contribution in [3.8, 4) is 0 Å². The number of thioether (sulfide) groups is 1. The van der Waals surface area contributed by atoms with Crippen molar-refractivity contribution in [1.82, 2.24) is 19.7 Å². The van der Waals surface area contributed by atoms with E-state index in [0.29, 0.717) is 0 Å². The van der Waals surface area contributed by atoms with E-state index in [1.165, 1.54) is 44.6 Å². The molecule has 2 unspecified atom stereocenters. The van der Waals surface area contributed by atoms with Crippen LogP contribution in [0.5, 0.6) is 0 Å². The maximum Gasteiger partial charge on any atom is 0.416 e. The number of hydrogen-bond acceptors (Lipinski definition) is 4. The molecule has 31 heavy (non-hydrogen) atoms. The molecule has 0 radical (unpaired) electrons. The summed E-state index contributed by atoms with van der Waals surface area (Å²) in [7, 11) is 2.08. The summed E-state index contributed by atoms with van der Waals surface area (Å²) in [6.07, 6.45) is -1.46. The van der Waals surface area contributed by atoms with Crippen LogP contribution in [0.1, 0.15) is 45.0 Å². The van der Waals surface area contributed by atoms with Gasteiger partial charge in [-0.1, -0.05) is 62.9 Å². The van der Waals surface area contributed by atoms with Gasteiger partial charge in [0.15, 0.2) is 5.16 Å². The molecule has 2 fully saturated rings. The van der Waals surface area contributed by atoms with E-state index in [1.807, 2.05) is 11.8 Å². The van der Waals surface area contributed by atoms with Crippen molar-refractivity contribution in [2.24, 2.45) is 18.9 Å². The highest BCUT2D eigenvalue weighted by Gasteiger charge is 2.44. The Bertz CT molecular complexity index is 810. The minimum atomic E-state index is -4.21. The van der Waals surface area contributed by atoms with Gasteiger partial charge in [-0.05, 0) is 31.2 Å². The molecule has 4 nitrogen and oxygen atoms in total. The molecular weight excluding hydrogens is 445 g/mol. The lowest BCUT2D eigenvalue weighted by Gasteiger charge is -2.17. The van der Waals surface area contributed by atoms with Crippen LogP contribution in [0.15, 0.2) is 35.5 Å². The zero-order valence-electron chi connectivity index (χ0n) is 18.5. The van der Waals surface area contributed by atoms with E-state index >= 15 is 0 Å². The molecular formula is C22H32ClF3N4S. The van der Waals surface area contributed by atoms with Crippen molar-refractivity contribution < 1.29 is 13.2 Å². The van der Waals surface area contributed by atoms with Crippen LogP contribution in [-0.2, 0) is 18.6 Å². The third-order valence-corrected chi connectivity index (χ3v) is 6.62. The third-order valence-electron chi connectivity index (χ3n) is 5.51. The summed E-state index contributed by atoms with van der Waals surface area (Å²) in [6.45, 7) is 10.5. The Morgan fingerprint density at radius 2 is 1.65 bits per heavy atom. The van der Waals surface area contributed by atoms with Crippen LogP contribution in [0.4, 0.5) is 13.2 Å². The molecule has 2 aliphatic rings. The van der Waals surface area contributed by atoms with Gasteiger partial charge in [0.05, 0.1) is 5.56 Å². The topological polar surface area (TPSA) is 34.0 Å². The predicted octanol–water partition coefficient (Wildman–Crippen LogP) is 5.67. The minimum absolute atomic E-state index is 0. The number of likely N-dealkylation sites (tertiary alicyclic amines) is 1. The second-order valence-electron chi connectivity index (χ2n) is 9.20. The highest BCUT2D eigenvalue weighted by Crippen LogP contribution is 2.44. The van der Waals surface area contributed by atoms with Crippen molar-refractivity contribution in [3.05, 3.63) is 41.7 Å². The maximum absolute atomic E-state index is 11.8. The third kappa shape index (κ3) is 7.39. The first-order chi connectivity index (χ1) is 14.1. The Kier molecular flexibility index (Phi) is 8.87. The Balaban J connectivity index is 0.000000264. The molecule has 1 saturated heterocycles. The monoisotopic (exact) mass is 476 g/mol. The molecule has 2 aromatic rings. The first kappa shape index (κ1) is 26.0. The fourth-order valence-corrected chi connectivity index (χ4v) is 4.69. The van der Waals surface area contributed by atoms with Gasteiger partial charge in [0.2, 0.25) is 0 Å². The van der Waals surface area contributed by atoms with Crippen LogP contribution in [0, 0.1) is 11.8 Å². The number of fused-ring (bicyclic) bond motifs is 1. The number of aromatic nitrogens is 3. The number of halogens is 4. The molecule has 1 aliphatic heterocycles. The average Bonchev–Trinajstić information content (AvgIpc) is 3.09. The van der Waals surface area contributed by atoms with Gasteiger partial charge in [-0.3, -0.25) is 0 Å². The lowest BCUT2D eigenvalue weighted by atomic mass is 9.96. The SMILES string of the molecule is Cl.Cn1c(SCCCN2CC3CC3C2)nnc1C(C)(C)C.FC(F)(F)c1ccccc1. The Labute approximate surface area is 193 Å². The molecule has 1 aliphatic carbocycles. The zero-order chi connectivity index (χ0) is 21.9. The highest BCUT2D eigenvalue weighted by molar-refractivity contribution is 7.99. The van der Waals surface area contributed by atoms with Crippen LogP contribution in [-0.4, -0.2) is 45.1 Å². The molecule has 4 rings (SSSR count). The van der Waals surface area contributed by atoms with Crippen LogP contribution in [0.2, 0.25) is 0 Å². The molecule has 1 aromatic carbocycles. The Morgan fingerprint density at radius 1 is 1.03 bits per heavy atom. The molecule has 174 valence electrons. The molecule has 1 saturated carbocycles. The summed E-state index contributed by atoms with van der Waals surface area (Å²) < 4.78 is 37.5. The molecule has 9 heteroatoms. The maximum atomic E-state index is 11.8. The molecule has 0 spiro atoms. The first-order valence-corrected chi connectivity index (χ1v) is 11.4. The predicted molar refractivity (Wildman–Crippen MR) is 122 cm³/mol. The highest BCUT2D eigenvalue weighted by atomic mass is 35.5. The van der Waals surface area contributed by atoms with E-state index in [0.717, 1.165) is 40.7 Å². The van der Waals surface area contributed by atoms with Gasteiger partial charge in [0.1, 0.15) is 5.82 Å². The van der Waals surface area contributed by atoms with Gasteiger partial charge in [0.25, 0.3) is 0 Å². The minimum Gasteiger partial charge on any atom is -0.309 e. The zero-order valence-corrected chi connectivity index (χ0v) is 20.2. The van der Waals surface area contributed by atoms with Gasteiger partial charge in [-0.15, -0.1) is 22.6 Å². The van der Waals surface area contributed by atoms with Gasteiger partial charge in [-0.2, -0.15) is 13.2 Å². The number of rotatable bonds is 5. The van der Waals surface area contributed by atoms with E-state index < -0.39 is 11.7 Å². The summed E-state index contributed by atoms with van der Waals surface area (Å²) in [6, 6.07) is 6.36. The molecule has 0 N–H and O–H groups in total. The van der Waals surface area contributed by atoms with Gasteiger partial charge in [-0.25, -0.2) is 0 Å². The lowest BCUT2D eigenvalue weighted by Crippen LogP contribution is -2.24. The molecule has 0 amide bonds. The number of nitrogens with zero attached hydrogens (tertiary/aromatic N) is 4.